The van der Waals surface area contributed by atoms with Crippen LogP contribution in [0.25, 0.3) is 10.8 Å². The summed E-state index contributed by atoms with van der Waals surface area (Å²) in [5.74, 6) is -1.45. The van der Waals surface area contributed by atoms with E-state index in [4.69, 9.17) is 4.74 Å². The molecule has 4 rings (SSSR count). The minimum Gasteiger partial charge on any atom is -0.452 e. The van der Waals surface area contributed by atoms with Gasteiger partial charge in [0.2, 0.25) is 5.91 Å². The third kappa shape index (κ3) is 5.66. The Morgan fingerprint density at radius 1 is 0.735 bits per heavy atom. The molecule has 0 aliphatic rings. The minimum atomic E-state index is -0.692. The van der Waals surface area contributed by atoms with Gasteiger partial charge >= 0.3 is 5.97 Å². The van der Waals surface area contributed by atoms with Gasteiger partial charge in [-0.25, -0.2) is 4.79 Å². The third-order valence-corrected chi connectivity index (χ3v) is 5.28. The lowest BCUT2D eigenvalue weighted by atomic mass is 10.0. The highest BCUT2D eigenvalue weighted by Gasteiger charge is 2.17. The second kappa shape index (κ2) is 10.4. The molecule has 0 saturated heterocycles. The van der Waals surface area contributed by atoms with Crippen molar-refractivity contribution >= 4 is 39.9 Å². The van der Waals surface area contributed by atoms with E-state index in [9.17, 15) is 14.4 Å². The summed E-state index contributed by atoms with van der Waals surface area (Å²) in [6, 6.07) is 28.3. The van der Waals surface area contributed by atoms with Crippen molar-refractivity contribution in [3.8, 4) is 0 Å². The van der Waals surface area contributed by atoms with Crippen molar-refractivity contribution < 1.29 is 19.1 Å². The van der Waals surface area contributed by atoms with Crippen LogP contribution in [-0.2, 0) is 20.7 Å². The van der Waals surface area contributed by atoms with E-state index in [-0.39, 0.29) is 11.5 Å². The number of para-hydroxylation sites is 1. The number of amides is 2. The van der Waals surface area contributed by atoms with E-state index in [1.807, 2.05) is 78.9 Å². The molecule has 0 aliphatic carbocycles. The van der Waals surface area contributed by atoms with Crippen LogP contribution < -0.4 is 10.6 Å². The van der Waals surface area contributed by atoms with Crippen LogP contribution in [0.2, 0.25) is 0 Å². The second-order valence-electron chi connectivity index (χ2n) is 7.87. The number of carbonyl (C=O) groups is 3. The maximum absolute atomic E-state index is 12.8. The Morgan fingerprint density at radius 3 is 2.12 bits per heavy atom. The number of anilines is 2. The Balaban J connectivity index is 1.45. The monoisotopic (exact) mass is 452 g/mol. The van der Waals surface area contributed by atoms with E-state index in [1.54, 1.807) is 12.1 Å². The van der Waals surface area contributed by atoms with Gasteiger partial charge in [-0.15, -0.1) is 0 Å². The van der Waals surface area contributed by atoms with Crippen LogP contribution in [0.5, 0.6) is 0 Å². The summed E-state index contributed by atoms with van der Waals surface area (Å²) in [5, 5.41) is 7.19. The molecule has 0 aliphatic heterocycles. The average Bonchev–Trinajstić information content (AvgIpc) is 2.83. The van der Waals surface area contributed by atoms with Gasteiger partial charge in [-0.05, 0) is 46.5 Å². The first-order chi connectivity index (χ1) is 16.5. The molecular weight excluding hydrogens is 428 g/mol. The van der Waals surface area contributed by atoms with Gasteiger partial charge in [-0.3, -0.25) is 9.59 Å². The van der Waals surface area contributed by atoms with E-state index >= 15 is 0 Å². The van der Waals surface area contributed by atoms with Crippen LogP contribution in [0.3, 0.4) is 0 Å². The molecular formula is C28H24N2O4. The molecule has 4 aromatic carbocycles. The predicted octanol–water partition coefficient (Wildman–Crippen LogP) is 5.18. The fourth-order valence-electron chi connectivity index (χ4n) is 3.71. The zero-order valence-corrected chi connectivity index (χ0v) is 18.7. The first kappa shape index (κ1) is 22.7. The maximum Gasteiger partial charge on any atom is 0.340 e. The Hall–Kier alpha value is -4.45. The number of nitrogens with one attached hydrogen (secondary N) is 2. The highest BCUT2D eigenvalue weighted by Crippen LogP contribution is 2.25. The number of benzene rings is 4. The van der Waals surface area contributed by atoms with Crippen molar-refractivity contribution in [2.75, 3.05) is 17.2 Å². The molecule has 6 heteroatoms. The molecule has 0 spiro atoms. The first-order valence-electron chi connectivity index (χ1n) is 10.9. The molecule has 0 heterocycles. The standard InChI is InChI=1S/C28H24N2O4/c1-19(31)29-26-17-22-12-6-5-11-21(22)16-24(26)28(33)34-18-27(32)30-25-14-8-7-13-23(25)15-20-9-3-2-4-10-20/h2-14,16-17H,15,18H2,1H3,(H,29,31)(H,30,32). The fraction of sp³-hybridized carbons (Fsp3) is 0.107. The molecule has 2 amide bonds. The number of ether oxygens (including phenoxy) is 1. The number of carbonyl (C=O) groups excluding carboxylic acids is 3. The highest BCUT2D eigenvalue weighted by molar-refractivity contribution is 6.06. The summed E-state index contributed by atoms with van der Waals surface area (Å²) >= 11 is 0. The van der Waals surface area contributed by atoms with Gasteiger partial charge < -0.3 is 15.4 Å². The molecule has 0 aromatic heterocycles. The Bertz CT molecular complexity index is 1350. The SMILES string of the molecule is CC(=O)Nc1cc2ccccc2cc1C(=O)OCC(=O)Nc1ccccc1Cc1ccccc1. The molecule has 0 saturated carbocycles. The van der Waals surface area contributed by atoms with E-state index in [2.05, 4.69) is 10.6 Å². The van der Waals surface area contributed by atoms with Crippen molar-refractivity contribution in [1.29, 1.82) is 0 Å². The first-order valence-corrected chi connectivity index (χ1v) is 10.9. The van der Waals surface area contributed by atoms with Gasteiger partial charge in [0.1, 0.15) is 0 Å². The Labute approximate surface area is 197 Å². The maximum atomic E-state index is 12.8. The average molecular weight is 453 g/mol. The summed E-state index contributed by atoms with van der Waals surface area (Å²) < 4.78 is 5.29. The molecule has 0 bridgehead atoms. The lowest BCUT2D eigenvalue weighted by Gasteiger charge is -2.13. The third-order valence-electron chi connectivity index (χ3n) is 5.28. The van der Waals surface area contributed by atoms with Crippen molar-refractivity contribution in [3.63, 3.8) is 0 Å². The van der Waals surface area contributed by atoms with Crippen LogP contribution >= 0.6 is 0 Å². The summed E-state index contributed by atoms with van der Waals surface area (Å²) in [4.78, 5) is 37.0. The Morgan fingerprint density at radius 2 is 1.38 bits per heavy atom. The van der Waals surface area contributed by atoms with Gasteiger partial charge in [0.25, 0.3) is 5.91 Å². The summed E-state index contributed by atoms with van der Waals surface area (Å²) in [5.41, 5.74) is 3.27. The molecule has 2 N–H and O–H groups in total. The molecule has 0 unspecified atom stereocenters. The minimum absolute atomic E-state index is 0.186. The summed E-state index contributed by atoms with van der Waals surface area (Å²) in [7, 11) is 0. The van der Waals surface area contributed by atoms with E-state index < -0.39 is 18.5 Å². The molecule has 34 heavy (non-hydrogen) atoms. The van der Waals surface area contributed by atoms with Gasteiger partial charge in [0, 0.05) is 12.6 Å². The highest BCUT2D eigenvalue weighted by atomic mass is 16.5. The number of hydrogen-bond donors (Lipinski definition) is 2. The van der Waals surface area contributed by atoms with Gasteiger partial charge in [-0.1, -0.05) is 72.8 Å². The van der Waals surface area contributed by atoms with E-state index in [0.717, 1.165) is 21.9 Å². The van der Waals surface area contributed by atoms with Crippen LogP contribution in [0.15, 0.2) is 91.0 Å². The summed E-state index contributed by atoms with van der Waals surface area (Å²) in [6.45, 7) is 0.912. The van der Waals surface area contributed by atoms with Crippen molar-refractivity contribution in [3.05, 3.63) is 108 Å². The molecule has 0 atom stereocenters. The zero-order chi connectivity index (χ0) is 23.9. The summed E-state index contributed by atoms with van der Waals surface area (Å²) in [6.07, 6.45) is 0.661. The second-order valence-corrected chi connectivity index (χ2v) is 7.87. The lowest BCUT2D eigenvalue weighted by Crippen LogP contribution is -2.22. The van der Waals surface area contributed by atoms with Crippen LogP contribution in [0.1, 0.15) is 28.4 Å². The molecule has 0 radical (unpaired) electrons. The molecule has 170 valence electrons. The van der Waals surface area contributed by atoms with Crippen molar-refractivity contribution in [1.82, 2.24) is 0 Å². The number of fused-ring (bicyclic) bond motifs is 1. The number of rotatable bonds is 7. The van der Waals surface area contributed by atoms with Crippen LogP contribution in [-0.4, -0.2) is 24.4 Å². The molecule has 0 fully saturated rings. The Kier molecular flexibility index (Phi) is 6.98. The smallest absolute Gasteiger partial charge is 0.340 e. The zero-order valence-electron chi connectivity index (χ0n) is 18.7. The normalized spacial score (nSPS) is 10.5. The molecule has 4 aromatic rings. The molecule has 6 nitrogen and oxygen atoms in total. The van der Waals surface area contributed by atoms with Crippen molar-refractivity contribution in [2.45, 2.75) is 13.3 Å². The van der Waals surface area contributed by atoms with Gasteiger partial charge in [0.05, 0.1) is 11.3 Å². The van der Waals surface area contributed by atoms with E-state index in [1.165, 1.54) is 6.92 Å². The largest absolute Gasteiger partial charge is 0.452 e. The van der Waals surface area contributed by atoms with Gasteiger partial charge in [-0.2, -0.15) is 0 Å². The number of esters is 1. The van der Waals surface area contributed by atoms with E-state index in [0.29, 0.717) is 17.8 Å². The van der Waals surface area contributed by atoms with Crippen LogP contribution in [0.4, 0.5) is 11.4 Å². The van der Waals surface area contributed by atoms with Gasteiger partial charge in [0.15, 0.2) is 6.61 Å². The number of hydrogen-bond acceptors (Lipinski definition) is 4. The predicted molar refractivity (Wildman–Crippen MR) is 133 cm³/mol. The topological polar surface area (TPSA) is 84.5 Å². The van der Waals surface area contributed by atoms with Crippen molar-refractivity contribution in [2.24, 2.45) is 0 Å². The van der Waals surface area contributed by atoms with Crippen LogP contribution in [0, 0.1) is 0 Å². The lowest BCUT2D eigenvalue weighted by molar-refractivity contribution is -0.119. The fourth-order valence-corrected chi connectivity index (χ4v) is 3.71. The quantitative estimate of drug-likeness (QED) is 0.378.